The van der Waals surface area contributed by atoms with E-state index < -0.39 is 0 Å². The first-order valence-electron chi connectivity index (χ1n) is 8.20. The number of furan rings is 1. The Labute approximate surface area is 141 Å². The van der Waals surface area contributed by atoms with Crippen molar-refractivity contribution in [2.45, 2.75) is 26.2 Å². The van der Waals surface area contributed by atoms with Gasteiger partial charge in [0.15, 0.2) is 5.78 Å². The molecule has 0 aliphatic heterocycles. The van der Waals surface area contributed by atoms with Crippen molar-refractivity contribution in [3.05, 3.63) is 59.4 Å². The number of hydrogen-bond acceptors (Lipinski definition) is 3. The van der Waals surface area contributed by atoms with Gasteiger partial charge in [-0.05, 0) is 36.8 Å². The van der Waals surface area contributed by atoms with E-state index in [-0.39, 0.29) is 5.78 Å². The minimum Gasteiger partial charge on any atom is -0.497 e. The monoisotopic (exact) mass is 324 g/mol. The molecule has 124 valence electrons. The summed E-state index contributed by atoms with van der Waals surface area (Å²) in [5.41, 5.74) is 6.87. The Hall–Kier alpha value is -2.59. The van der Waals surface area contributed by atoms with E-state index in [4.69, 9.17) is 9.15 Å². The second-order valence-corrected chi connectivity index (χ2v) is 5.89. The summed E-state index contributed by atoms with van der Waals surface area (Å²) >= 11 is 0. The Morgan fingerprint density at radius 2 is 1.92 bits per heavy atom. The molecule has 1 aromatic heterocycles. The van der Waals surface area contributed by atoms with E-state index in [9.17, 15) is 4.79 Å². The van der Waals surface area contributed by atoms with E-state index in [0.717, 1.165) is 47.4 Å². The predicted molar refractivity (Wildman–Crippen MR) is 93.8 cm³/mol. The van der Waals surface area contributed by atoms with Gasteiger partial charge in [0.05, 0.1) is 12.7 Å². The summed E-state index contributed by atoms with van der Waals surface area (Å²) in [5, 5.41) is 0.842. The van der Waals surface area contributed by atoms with E-state index in [2.05, 4.69) is 12.7 Å². The summed E-state index contributed by atoms with van der Waals surface area (Å²) in [7, 11) is 1.61. The molecule has 24 heavy (non-hydrogen) atoms. The fraction of sp³-hybridized carbons (Fsp3) is 0.250. The zero-order chi connectivity index (χ0) is 17.1. The van der Waals surface area contributed by atoms with Crippen molar-refractivity contribution >= 4 is 22.4 Å². The van der Waals surface area contributed by atoms with Gasteiger partial charge in [0.25, 0.3) is 0 Å². The van der Waals surface area contributed by atoms with Crippen LogP contribution >= 0.6 is 0 Å². The Balaban J connectivity index is 2.10. The number of aryl methyl sites for hydroxylation is 1. The van der Waals surface area contributed by atoms with Crippen molar-refractivity contribution in [1.82, 2.24) is 0 Å². The third kappa shape index (κ3) is 3.05. The number of carbonyl (C=O) groups excluding carboxylic acids is 1. The van der Waals surface area contributed by atoms with Crippen LogP contribution in [-0.4, -0.2) is 12.9 Å². The van der Waals surface area contributed by atoms with Crippen LogP contribution in [0.3, 0.4) is 0 Å². The first-order valence-corrected chi connectivity index (χ1v) is 8.20. The molecule has 3 aromatic rings. The minimum atomic E-state index is -0.0203. The summed E-state index contributed by atoms with van der Waals surface area (Å²) in [6, 6.07) is 12.9. The molecule has 3 N–H and O–H groups in total. The lowest BCUT2D eigenvalue weighted by molar-refractivity contribution is -0.254. The van der Waals surface area contributed by atoms with Crippen molar-refractivity contribution in [2.24, 2.45) is 0 Å². The van der Waals surface area contributed by atoms with Gasteiger partial charge in [0.1, 0.15) is 22.8 Å². The molecule has 2 aromatic carbocycles. The van der Waals surface area contributed by atoms with E-state index in [0.29, 0.717) is 11.1 Å². The number of unbranched alkanes of at least 4 members (excludes halogenated alkanes) is 1. The van der Waals surface area contributed by atoms with Gasteiger partial charge in [0.2, 0.25) is 0 Å². The molecule has 3 rings (SSSR count). The van der Waals surface area contributed by atoms with E-state index >= 15 is 0 Å². The normalized spacial score (nSPS) is 11.0. The van der Waals surface area contributed by atoms with Crippen LogP contribution in [0, 0.1) is 0 Å². The number of carbonyl (C=O) groups is 1. The number of ketones is 1. The van der Waals surface area contributed by atoms with Gasteiger partial charge < -0.3 is 14.9 Å². The highest BCUT2D eigenvalue weighted by atomic mass is 16.5. The van der Waals surface area contributed by atoms with Crippen molar-refractivity contribution in [3.8, 4) is 5.75 Å². The number of methoxy groups -OCH3 is 1. The molecule has 0 bridgehead atoms. The SMILES string of the molecule is CCCCc1oc2ccc([NH3+])cc2c1C(=O)c1ccc(OC)cc1. The van der Waals surface area contributed by atoms with Crippen molar-refractivity contribution < 1.29 is 19.7 Å². The summed E-state index contributed by atoms with van der Waals surface area (Å²) in [6.07, 6.45) is 2.79. The number of ether oxygens (including phenoxy) is 1. The number of benzene rings is 2. The summed E-state index contributed by atoms with van der Waals surface area (Å²) in [6.45, 7) is 2.13. The zero-order valence-electron chi connectivity index (χ0n) is 14.1. The maximum atomic E-state index is 13.1. The number of quaternary nitrogens is 1. The van der Waals surface area contributed by atoms with Gasteiger partial charge in [-0.15, -0.1) is 0 Å². The molecule has 0 aliphatic rings. The molecular weight excluding hydrogens is 302 g/mol. The smallest absolute Gasteiger partial charge is 0.197 e. The lowest BCUT2D eigenvalue weighted by atomic mass is 9.98. The van der Waals surface area contributed by atoms with Gasteiger partial charge in [-0.1, -0.05) is 13.3 Å². The molecule has 0 atom stereocenters. The second-order valence-electron chi connectivity index (χ2n) is 5.89. The molecule has 0 amide bonds. The van der Waals surface area contributed by atoms with Crippen LogP contribution in [0.25, 0.3) is 11.0 Å². The first-order chi connectivity index (χ1) is 11.6. The van der Waals surface area contributed by atoms with Gasteiger partial charge in [-0.3, -0.25) is 4.79 Å². The standard InChI is InChI=1S/C20H21NO3/c1-3-4-5-18-19(16-12-14(21)8-11-17(16)24-18)20(22)13-6-9-15(23-2)10-7-13/h6-12H,3-5,21H2,1-2H3/p+1. The van der Waals surface area contributed by atoms with Crippen molar-refractivity contribution in [3.63, 3.8) is 0 Å². The number of hydrogen-bond donors (Lipinski definition) is 1. The fourth-order valence-corrected chi connectivity index (χ4v) is 2.84. The van der Waals surface area contributed by atoms with Gasteiger partial charge in [-0.25, -0.2) is 0 Å². The molecule has 0 spiro atoms. The minimum absolute atomic E-state index is 0.0203. The average Bonchev–Trinajstić information content (AvgIpc) is 2.96. The maximum absolute atomic E-state index is 13.1. The van der Waals surface area contributed by atoms with Gasteiger partial charge >= 0.3 is 0 Å². The first kappa shape index (κ1) is 16.3. The van der Waals surface area contributed by atoms with Crippen LogP contribution in [0.5, 0.6) is 5.75 Å². The molecular formula is C20H22NO3+. The molecule has 0 radical (unpaired) electrons. The predicted octanol–water partition coefficient (Wildman–Crippen LogP) is 3.89. The lowest BCUT2D eigenvalue weighted by Crippen LogP contribution is -2.39. The molecule has 4 nitrogen and oxygen atoms in total. The topological polar surface area (TPSA) is 67.1 Å². The molecule has 0 unspecified atom stereocenters. The Morgan fingerprint density at radius 3 is 2.58 bits per heavy atom. The van der Waals surface area contributed by atoms with Crippen molar-refractivity contribution in [1.29, 1.82) is 0 Å². The summed E-state index contributed by atoms with van der Waals surface area (Å²) < 4.78 is 11.1. The third-order valence-electron chi connectivity index (χ3n) is 4.16. The quantitative estimate of drug-likeness (QED) is 0.700. The molecule has 0 saturated carbocycles. The van der Waals surface area contributed by atoms with Crippen LogP contribution in [0.4, 0.5) is 5.69 Å². The fourth-order valence-electron chi connectivity index (χ4n) is 2.84. The van der Waals surface area contributed by atoms with Crippen LogP contribution in [0.1, 0.15) is 41.4 Å². The average molecular weight is 324 g/mol. The van der Waals surface area contributed by atoms with Crippen LogP contribution in [0.15, 0.2) is 46.9 Å². The Morgan fingerprint density at radius 1 is 1.17 bits per heavy atom. The summed E-state index contributed by atoms with van der Waals surface area (Å²) in [4.78, 5) is 13.1. The molecule has 0 fully saturated rings. The maximum Gasteiger partial charge on any atom is 0.197 e. The molecule has 1 heterocycles. The largest absolute Gasteiger partial charge is 0.497 e. The van der Waals surface area contributed by atoms with E-state index in [1.165, 1.54) is 0 Å². The van der Waals surface area contributed by atoms with Crippen LogP contribution in [-0.2, 0) is 6.42 Å². The Kier molecular flexibility index (Phi) is 4.67. The van der Waals surface area contributed by atoms with Gasteiger partial charge in [0, 0.05) is 29.5 Å². The zero-order valence-corrected chi connectivity index (χ0v) is 14.1. The van der Waals surface area contributed by atoms with Gasteiger partial charge in [-0.2, -0.15) is 0 Å². The third-order valence-corrected chi connectivity index (χ3v) is 4.16. The molecule has 0 saturated heterocycles. The van der Waals surface area contributed by atoms with E-state index in [1.54, 1.807) is 31.4 Å². The number of fused-ring (bicyclic) bond motifs is 1. The highest BCUT2D eigenvalue weighted by Crippen LogP contribution is 2.31. The highest BCUT2D eigenvalue weighted by Gasteiger charge is 2.22. The van der Waals surface area contributed by atoms with Crippen LogP contribution < -0.4 is 10.5 Å². The molecule has 4 heteroatoms. The Bertz CT molecular complexity index is 862. The lowest BCUT2D eigenvalue weighted by Gasteiger charge is -2.04. The second kappa shape index (κ2) is 6.89. The number of rotatable bonds is 6. The highest BCUT2D eigenvalue weighted by molar-refractivity contribution is 6.17. The van der Waals surface area contributed by atoms with Crippen LogP contribution in [0.2, 0.25) is 0 Å². The molecule has 0 aliphatic carbocycles. The van der Waals surface area contributed by atoms with E-state index in [1.807, 2.05) is 18.2 Å². The van der Waals surface area contributed by atoms with Crippen molar-refractivity contribution in [2.75, 3.05) is 7.11 Å². The summed E-state index contributed by atoms with van der Waals surface area (Å²) in [5.74, 6) is 1.47.